The summed E-state index contributed by atoms with van der Waals surface area (Å²) in [6, 6.07) is 11.3. The van der Waals surface area contributed by atoms with E-state index in [1.54, 1.807) is 31.2 Å². The molecule has 1 heterocycles. The minimum Gasteiger partial charge on any atom is -0.872 e. The molecule has 0 fully saturated rings. The highest BCUT2D eigenvalue weighted by atomic mass is 32.1. The van der Waals surface area contributed by atoms with Gasteiger partial charge in [-0.1, -0.05) is 24.3 Å². The number of rotatable bonds is 4. The minimum atomic E-state index is -0.908. The van der Waals surface area contributed by atoms with Crippen molar-refractivity contribution in [2.24, 2.45) is 0 Å². The van der Waals surface area contributed by atoms with Gasteiger partial charge >= 0.3 is 0 Å². The maximum Gasteiger partial charge on any atom is 0.269 e. The number of benzene rings is 2. The molecule has 0 unspecified atom stereocenters. The van der Waals surface area contributed by atoms with E-state index in [9.17, 15) is 20.0 Å². The summed E-state index contributed by atoms with van der Waals surface area (Å²) in [7, 11) is 0. The quantitative estimate of drug-likeness (QED) is 0.420. The lowest BCUT2D eigenvalue weighted by Crippen LogP contribution is -2.46. The molecular formula is C18H15N4O4S-. The van der Waals surface area contributed by atoms with Crippen LogP contribution in [-0.4, -0.2) is 15.9 Å². The van der Waals surface area contributed by atoms with Gasteiger partial charge in [0, 0.05) is 23.5 Å². The van der Waals surface area contributed by atoms with Crippen molar-refractivity contribution in [2.75, 3.05) is 5.32 Å². The average molecular weight is 383 g/mol. The van der Waals surface area contributed by atoms with Crippen molar-refractivity contribution in [3.8, 4) is 5.75 Å². The normalized spacial score (nSPS) is 16.3. The van der Waals surface area contributed by atoms with Crippen molar-refractivity contribution in [2.45, 2.75) is 13.0 Å². The number of para-hydroxylation sites is 1. The van der Waals surface area contributed by atoms with Crippen molar-refractivity contribution in [1.82, 2.24) is 10.6 Å². The molecule has 2 aromatic carbocycles. The van der Waals surface area contributed by atoms with Crippen molar-refractivity contribution in [3.05, 3.63) is 75.5 Å². The van der Waals surface area contributed by atoms with Crippen molar-refractivity contribution < 1.29 is 14.8 Å². The van der Waals surface area contributed by atoms with Crippen molar-refractivity contribution in [1.29, 1.82) is 0 Å². The lowest BCUT2D eigenvalue weighted by molar-refractivity contribution is -0.385. The van der Waals surface area contributed by atoms with Crippen LogP contribution in [0.1, 0.15) is 18.5 Å². The molecule has 9 heteroatoms. The van der Waals surface area contributed by atoms with E-state index in [1.807, 2.05) is 6.07 Å². The van der Waals surface area contributed by atoms with E-state index in [1.165, 1.54) is 0 Å². The summed E-state index contributed by atoms with van der Waals surface area (Å²) >= 11 is 5.13. The number of anilines is 1. The SMILES string of the molecule is CC1=C(C(=O)Nc2ccccc2)[C@@H](c2cc([N+](=O)[O-])ccc2[O-])NC(=S)N1. The molecule has 0 saturated carbocycles. The van der Waals surface area contributed by atoms with Gasteiger partial charge in [-0.3, -0.25) is 14.9 Å². The first kappa shape index (κ1) is 18.3. The van der Waals surface area contributed by atoms with Crippen LogP contribution in [0.2, 0.25) is 0 Å². The first-order valence-corrected chi connectivity index (χ1v) is 8.37. The first-order chi connectivity index (χ1) is 12.9. The molecule has 1 amide bonds. The lowest BCUT2D eigenvalue weighted by Gasteiger charge is -2.32. The van der Waals surface area contributed by atoms with E-state index in [2.05, 4.69) is 16.0 Å². The number of thiocarbonyl (C=S) groups is 1. The van der Waals surface area contributed by atoms with E-state index in [0.29, 0.717) is 11.4 Å². The van der Waals surface area contributed by atoms with Crippen molar-refractivity contribution in [3.63, 3.8) is 0 Å². The summed E-state index contributed by atoms with van der Waals surface area (Å²) in [4.78, 5) is 23.4. The second kappa shape index (κ2) is 7.42. The van der Waals surface area contributed by atoms with Gasteiger partial charge in [0.15, 0.2) is 5.11 Å². The molecule has 1 aliphatic rings. The summed E-state index contributed by atoms with van der Waals surface area (Å²) in [5.41, 5.74) is 1.10. The number of allylic oxidation sites excluding steroid dienone is 1. The van der Waals surface area contributed by atoms with Crippen LogP contribution >= 0.6 is 12.2 Å². The third-order valence-electron chi connectivity index (χ3n) is 4.06. The number of carbonyl (C=O) groups excluding carboxylic acids is 1. The van der Waals surface area contributed by atoms with E-state index < -0.39 is 22.6 Å². The monoisotopic (exact) mass is 383 g/mol. The van der Waals surface area contributed by atoms with Gasteiger partial charge in [0.1, 0.15) is 0 Å². The highest BCUT2D eigenvalue weighted by molar-refractivity contribution is 7.80. The zero-order valence-electron chi connectivity index (χ0n) is 14.2. The van der Waals surface area contributed by atoms with Gasteiger partial charge < -0.3 is 21.1 Å². The fourth-order valence-electron chi connectivity index (χ4n) is 2.82. The average Bonchev–Trinajstić information content (AvgIpc) is 2.62. The Morgan fingerprint density at radius 1 is 1.22 bits per heavy atom. The third kappa shape index (κ3) is 3.87. The maximum atomic E-state index is 12.9. The number of amides is 1. The topological polar surface area (TPSA) is 119 Å². The Labute approximate surface area is 160 Å². The van der Waals surface area contributed by atoms with Gasteiger partial charge in [-0.25, -0.2) is 0 Å². The number of nitro benzene ring substituents is 1. The van der Waals surface area contributed by atoms with Gasteiger partial charge in [0.05, 0.1) is 16.5 Å². The first-order valence-electron chi connectivity index (χ1n) is 7.97. The summed E-state index contributed by atoms with van der Waals surface area (Å²) in [5, 5.41) is 32.1. The zero-order chi connectivity index (χ0) is 19.6. The number of nitrogens with zero attached hydrogens (tertiary/aromatic N) is 1. The summed E-state index contributed by atoms with van der Waals surface area (Å²) < 4.78 is 0. The molecule has 0 aliphatic carbocycles. The fourth-order valence-corrected chi connectivity index (χ4v) is 3.09. The Morgan fingerprint density at radius 3 is 2.59 bits per heavy atom. The summed E-state index contributed by atoms with van der Waals surface area (Å²) in [6.07, 6.45) is 0. The van der Waals surface area contributed by atoms with Gasteiger partial charge in [0.25, 0.3) is 11.6 Å². The smallest absolute Gasteiger partial charge is 0.269 e. The van der Waals surface area contributed by atoms with Gasteiger partial charge in [0.2, 0.25) is 0 Å². The molecule has 0 aromatic heterocycles. The highest BCUT2D eigenvalue weighted by Gasteiger charge is 2.31. The number of nitrogens with one attached hydrogen (secondary N) is 3. The molecule has 1 aliphatic heterocycles. The molecule has 0 saturated heterocycles. The van der Waals surface area contributed by atoms with E-state index in [0.717, 1.165) is 18.2 Å². The Kier molecular flexibility index (Phi) is 5.04. The Hall–Kier alpha value is -3.46. The molecule has 2 aromatic rings. The van der Waals surface area contributed by atoms with E-state index >= 15 is 0 Å². The standard InChI is InChI=1S/C18H16N4O4S/c1-10-15(17(24)20-11-5-3-2-4-6-11)16(21-18(27)19-10)13-9-12(22(25)26)7-8-14(13)23/h2-9,16,23H,1H3,(H,20,24)(H2,19,21,27)/p-1/t16-/m1/s1. The number of nitro groups is 1. The van der Waals surface area contributed by atoms with E-state index in [4.69, 9.17) is 12.2 Å². The van der Waals surface area contributed by atoms with Crippen molar-refractivity contribution >= 4 is 34.6 Å². The molecule has 8 nitrogen and oxygen atoms in total. The van der Waals surface area contributed by atoms with Crippen LogP contribution < -0.4 is 21.1 Å². The molecule has 3 N–H and O–H groups in total. The maximum absolute atomic E-state index is 12.9. The number of carbonyl (C=O) groups is 1. The molecule has 0 radical (unpaired) electrons. The van der Waals surface area contributed by atoms with Crippen LogP contribution in [0.15, 0.2) is 59.8 Å². The van der Waals surface area contributed by atoms with Crippen LogP contribution in [0.4, 0.5) is 11.4 Å². The molecule has 0 bridgehead atoms. The number of hydrogen-bond donors (Lipinski definition) is 3. The lowest BCUT2D eigenvalue weighted by atomic mass is 9.93. The van der Waals surface area contributed by atoms with Gasteiger partial charge in [-0.2, -0.15) is 0 Å². The number of non-ortho nitro benzene ring substituents is 1. The minimum absolute atomic E-state index is 0.0746. The summed E-state index contributed by atoms with van der Waals surface area (Å²) in [5.74, 6) is -0.877. The van der Waals surface area contributed by atoms with Crippen LogP contribution in [0.25, 0.3) is 0 Å². The highest BCUT2D eigenvalue weighted by Crippen LogP contribution is 2.34. The molecule has 1 atom stereocenters. The van der Waals surface area contributed by atoms with Crippen LogP contribution in [0.3, 0.4) is 0 Å². The van der Waals surface area contributed by atoms with Crippen LogP contribution in [-0.2, 0) is 4.79 Å². The predicted molar refractivity (Wildman–Crippen MR) is 102 cm³/mol. The molecule has 0 spiro atoms. The van der Waals surface area contributed by atoms with E-state index in [-0.39, 0.29) is 21.9 Å². The third-order valence-corrected chi connectivity index (χ3v) is 4.28. The molecule has 27 heavy (non-hydrogen) atoms. The molecule has 138 valence electrons. The molecule has 3 rings (SSSR count). The molecular weight excluding hydrogens is 368 g/mol. The second-order valence-corrected chi connectivity index (χ2v) is 6.28. The van der Waals surface area contributed by atoms with Gasteiger partial charge in [-0.15, -0.1) is 5.75 Å². The second-order valence-electron chi connectivity index (χ2n) is 5.87. The summed E-state index contributed by atoms with van der Waals surface area (Å²) in [6.45, 7) is 1.65. The largest absolute Gasteiger partial charge is 0.872 e. The zero-order valence-corrected chi connectivity index (χ0v) is 15.0. The Balaban J connectivity index is 2.03. The van der Waals surface area contributed by atoms with Crippen LogP contribution in [0, 0.1) is 10.1 Å². The Morgan fingerprint density at radius 2 is 1.93 bits per heavy atom. The van der Waals surface area contributed by atoms with Gasteiger partial charge in [-0.05, 0) is 36.8 Å². The fraction of sp³-hybridized carbons (Fsp3) is 0.111. The number of hydrogen-bond acceptors (Lipinski definition) is 5. The Bertz CT molecular complexity index is 959. The van der Waals surface area contributed by atoms with Crippen LogP contribution in [0.5, 0.6) is 5.75 Å². The predicted octanol–water partition coefficient (Wildman–Crippen LogP) is 2.10.